The summed E-state index contributed by atoms with van der Waals surface area (Å²) >= 11 is 0. The molecule has 0 amide bonds. The summed E-state index contributed by atoms with van der Waals surface area (Å²) in [5, 5.41) is 8.45. The SMILES string of the molecule is CC/C(=N/OCC(C)(C)CO/N=C1\CCCc2ccc(C)nc21)c1ccc(C(F)(F)F)cn1. The van der Waals surface area contributed by atoms with Gasteiger partial charge in [-0.1, -0.05) is 37.1 Å². The minimum absolute atomic E-state index is 0.246. The molecule has 3 rings (SSSR count). The van der Waals surface area contributed by atoms with Crippen LogP contribution < -0.4 is 0 Å². The normalized spacial score (nSPS) is 16.0. The average molecular weight is 463 g/mol. The summed E-state index contributed by atoms with van der Waals surface area (Å²) in [7, 11) is 0. The third-order valence-electron chi connectivity index (χ3n) is 5.23. The maximum Gasteiger partial charge on any atom is 0.417 e. The zero-order valence-electron chi connectivity index (χ0n) is 19.4. The van der Waals surface area contributed by atoms with Crippen LogP contribution in [0.25, 0.3) is 0 Å². The van der Waals surface area contributed by atoms with Crippen molar-refractivity contribution in [2.24, 2.45) is 15.7 Å². The standard InChI is InChI=1S/C24H29F3N4O2/c1-5-19(20-12-11-18(13-28-20)24(25,26)27)30-32-14-23(3,4)15-33-31-21-8-6-7-17-10-9-16(2)29-22(17)21/h9-13H,5-8,14-15H2,1-4H3/b30-19-,31-21+. The Morgan fingerprint density at radius 2 is 1.82 bits per heavy atom. The topological polar surface area (TPSA) is 69.0 Å². The Morgan fingerprint density at radius 3 is 2.48 bits per heavy atom. The van der Waals surface area contributed by atoms with Gasteiger partial charge in [0.05, 0.1) is 17.0 Å². The van der Waals surface area contributed by atoms with Crippen LogP contribution in [0.4, 0.5) is 13.2 Å². The number of halogens is 3. The van der Waals surface area contributed by atoms with Crippen LogP contribution in [0, 0.1) is 12.3 Å². The Hall–Kier alpha value is -2.97. The molecule has 0 radical (unpaired) electrons. The second kappa shape index (κ2) is 10.3. The molecular formula is C24H29F3N4O2. The highest BCUT2D eigenvalue weighted by Gasteiger charge is 2.30. The lowest BCUT2D eigenvalue weighted by atomic mass is 9.94. The molecule has 6 nitrogen and oxygen atoms in total. The molecule has 2 aromatic rings. The van der Waals surface area contributed by atoms with E-state index in [4.69, 9.17) is 9.68 Å². The quantitative estimate of drug-likeness (QED) is 0.372. The lowest BCUT2D eigenvalue weighted by Gasteiger charge is -2.22. The number of hydrogen-bond donors (Lipinski definition) is 0. The number of alkyl halides is 3. The lowest BCUT2D eigenvalue weighted by Crippen LogP contribution is -2.25. The van der Waals surface area contributed by atoms with E-state index in [9.17, 15) is 13.2 Å². The zero-order chi connectivity index (χ0) is 24.1. The van der Waals surface area contributed by atoms with Gasteiger partial charge in [0.2, 0.25) is 0 Å². The first-order valence-corrected chi connectivity index (χ1v) is 11.0. The van der Waals surface area contributed by atoms with Crippen LogP contribution in [0.1, 0.15) is 68.2 Å². The summed E-state index contributed by atoms with van der Waals surface area (Å²) in [5.74, 6) is 0. The Labute approximate surface area is 191 Å². The van der Waals surface area contributed by atoms with Gasteiger partial charge in [-0.3, -0.25) is 9.97 Å². The van der Waals surface area contributed by atoms with Crippen LogP contribution in [0.5, 0.6) is 0 Å². The van der Waals surface area contributed by atoms with Gasteiger partial charge in [-0.25, -0.2) is 0 Å². The van der Waals surface area contributed by atoms with Crippen LogP contribution >= 0.6 is 0 Å². The van der Waals surface area contributed by atoms with Gasteiger partial charge in [-0.15, -0.1) is 0 Å². The fourth-order valence-corrected chi connectivity index (χ4v) is 3.33. The largest absolute Gasteiger partial charge is 0.417 e. The fraction of sp³-hybridized carbons (Fsp3) is 0.500. The summed E-state index contributed by atoms with van der Waals surface area (Å²) < 4.78 is 38.2. The van der Waals surface area contributed by atoms with Crippen LogP contribution in [0.2, 0.25) is 0 Å². The Morgan fingerprint density at radius 1 is 1.06 bits per heavy atom. The van der Waals surface area contributed by atoms with Crippen molar-refractivity contribution in [3.63, 3.8) is 0 Å². The molecule has 0 aromatic carbocycles. The number of hydrogen-bond acceptors (Lipinski definition) is 6. The minimum atomic E-state index is -4.42. The molecule has 0 N–H and O–H groups in total. The van der Waals surface area contributed by atoms with E-state index in [0.29, 0.717) is 24.4 Å². The summed E-state index contributed by atoms with van der Waals surface area (Å²) in [6.07, 6.45) is -0.324. The van der Waals surface area contributed by atoms with Gasteiger partial charge in [0.25, 0.3) is 0 Å². The maximum atomic E-state index is 12.7. The lowest BCUT2D eigenvalue weighted by molar-refractivity contribution is -0.137. The molecule has 0 spiro atoms. The first-order chi connectivity index (χ1) is 15.6. The molecule has 0 unspecified atom stereocenters. The van der Waals surface area contributed by atoms with Gasteiger partial charge in [-0.05, 0) is 56.4 Å². The number of aryl methyl sites for hydroxylation is 2. The highest BCUT2D eigenvalue weighted by Crippen LogP contribution is 2.28. The molecule has 33 heavy (non-hydrogen) atoms. The molecule has 1 aliphatic carbocycles. The molecule has 9 heteroatoms. The number of nitrogens with zero attached hydrogens (tertiary/aromatic N) is 4. The molecule has 0 aliphatic heterocycles. The molecular weight excluding hydrogens is 433 g/mol. The van der Waals surface area contributed by atoms with Gasteiger partial charge in [0, 0.05) is 17.3 Å². The minimum Gasteiger partial charge on any atom is -0.395 e. The van der Waals surface area contributed by atoms with Crippen molar-refractivity contribution >= 4 is 11.4 Å². The van der Waals surface area contributed by atoms with Crippen LogP contribution in [-0.4, -0.2) is 34.6 Å². The number of oxime groups is 2. The molecule has 0 saturated carbocycles. The predicted molar refractivity (Wildman–Crippen MR) is 120 cm³/mol. The van der Waals surface area contributed by atoms with Crippen molar-refractivity contribution in [3.8, 4) is 0 Å². The third kappa shape index (κ3) is 6.76. The molecule has 2 aromatic heterocycles. The molecule has 0 fully saturated rings. The first-order valence-electron chi connectivity index (χ1n) is 11.0. The summed E-state index contributed by atoms with van der Waals surface area (Å²) in [6.45, 7) is 8.27. The van der Waals surface area contributed by atoms with Gasteiger partial charge in [0.15, 0.2) is 0 Å². The van der Waals surface area contributed by atoms with Gasteiger partial charge >= 0.3 is 6.18 Å². The smallest absolute Gasteiger partial charge is 0.395 e. The number of fused-ring (bicyclic) bond motifs is 1. The van der Waals surface area contributed by atoms with Crippen LogP contribution in [0.15, 0.2) is 40.8 Å². The fourth-order valence-electron chi connectivity index (χ4n) is 3.33. The zero-order valence-corrected chi connectivity index (χ0v) is 19.4. The van der Waals surface area contributed by atoms with Crippen LogP contribution in [0.3, 0.4) is 0 Å². The second-order valence-corrected chi connectivity index (χ2v) is 8.88. The summed E-state index contributed by atoms with van der Waals surface area (Å²) in [4.78, 5) is 19.6. The highest BCUT2D eigenvalue weighted by molar-refractivity contribution is 6.00. The first kappa shape index (κ1) is 24.7. The van der Waals surface area contributed by atoms with E-state index in [0.717, 1.165) is 48.6 Å². The monoisotopic (exact) mass is 462 g/mol. The Balaban J connectivity index is 1.57. The van der Waals surface area contributed by atoms with E-state index in [-0.39, 0.29) is 6.61 Å². The van der Waals surface area contributed by atoms with Crippen molar-refractivity contribution < 1.29 is 22.8 Å². The van der Waals surface area contributed by atoms with Crippen LogP contribution in [-0.2, 0) is 22.3 Å². The number of rotatable bonds is 8. The molecule has 0 saturated heterocycles. The van der Waals surface area contributed by atoms with Crippen molar-refractivity contribution in [2.75, 3.05) is 13.2 Å². The summed E-state index contributed by atoms with van der Waals surface area (Å²) in [5.41, 5.74) is 3.55. The predicted octanol–water partition coefficient (Wildman–Crippen LogP) is 5.72. The molecule has 2 heterocycles. The van der Waals surface area contributed by atoms with E-state index in [1.807, 2.05) is 33.8 Å². The maximum absolute atomic E-state index is 12.7. The van der Waals surface area contributed by atoms with Crippen molar-refractivity contribution in [1.82, 2.24) is 9.97 Å². The second-order valence-electron chi connectivity index (χ2n) is 8.88. The van der Waals surface area contributed by atoms with E-state index in [1.165, 1.54) is 11.6 Å². The Kier molecular flexibility index (Phi) is 7.71. The van der Waals surface area contributed by atoms with Gasteiger partial charge in [-0.2, -0.15) is 13.2 Å². The average Bonchev–Trinajstić information content (AvgIpc) is 2.76. The van der Waals surface area contributed by atoms with Crippen molar-refractivity contribution in [3.05, 3.63) is 58.7 Å². The number of aromatic nitrogens is 2. The molecule has 0 atom stereocenters. The van der Waals surface area contributed by atoms with Crippen molar-refractivity contribution in [1.29, 1.82) is 0 Å². The Bertz CT molecular complexity index is 1020. The number of pyridine rings is 2. The summed E-state index contributed by atoms with van der Waals surface area (Å²) in [6, 6.07) is 6.40. The van der Waals surface area contributed by atoms with Crippen molar-refractivity contribution in [2.45, 2.75) is 59.6 Å². The van der Waals surface area contributed by atoms with E-state index in [2.05, 4.69) is 26.3 Å². The van der Waals surface area contributed by atoms with E-state index >= 15 is 0 Å². The molecule has 1 aliphatic rings. The van der Waals surface area contributed by atoms with Gasteiger partial charge < -0.3 is 9.68 Å². The highest BCUT2D eigenvalue weighted by atomic mass is 19.4. The van der Waals surface area contributed by atoms with E-state index < -0.39 is 17.2 Å². The molecule has 0 bridgehead atoms. The molecule has 178 valence electrons. The van der Waals surface area contributed by atoms with Gasteiger partial charge in [0.1, 0.15) is 24.6 Å². The van der Waals surface area contributed by atoms with E-state index in [1.54, 1.807) is 0 Å². The third-order valence-corrected chi connectivity index (χ3v) is 5.23.